The van der Waals surface area contributed by atoms with Gasteiger partial charge in [0.2, 0.25) is 0 Å². The topological polar surface area (TPSA) is 57.4 Å². The smallest absolute Gasteiger partial charge is 0.122 e. The fraction of sp³-hybridized carbons (Fsp3) is 0. The van der Waals surface area contributed by atoms with E-state index in [-0.39, 0.29) is 0 Å². The lowest BCUT2D eigenvalue weighted by atomic mass is 9.97. The molecule has 152 valence electrons. The Kier molecular flexibility index (Phi) is 5.20. The predicted octanol–water partition coefficient (Wildman–Crippen LogP) is 6.80. The highest BCUT2D eigenvalue weighted by molar-refractivity contribution is 7.71. The molecule has 4 nitrogen and oxygen atoms in total. The number of aromatic amines is 1. The van der Waals surface area contributed by atoms with Crippen LogP contribution in [-0.2, 0) is 0 Å². The van der Waals surface area contributed by atoms with Crippen molar-refractivity contribution in [3.8, 4) is 45.4 Å². The molecular weight excluding hydrogens is 412 g/mol. The summed E-state index contributed by atoms with van der Waals surface area (Å²) >= 11 is 5.58. The summed E-state index contributed by atoms with van der Waals surface area (Å²) in [5.74, 6) is 0. The fourth-order valence-corrected chi connectivity index (χ4v) is 4.02. The second-order valence-electron chi connectivity index (χ2n) is 7.32. The molecule has 0 fully saturated rings. The van der Waals surface area contributed by atoms with Gasteiger partial charge in [-0.15, -0.1) is 0 Å². The number of pyridine rings is 1. The van der Waals surface area contributed by atoms with Crippen molar-refractivity contribution in [3.05, 3.63) is 113 Å². The Morgan fingerprint density at radius 2 is 1.38 bits per heavy atom. The standard InChI is InChI=1S/C27H18N4S/c28-17-23-22(16-25(29-27(23)32)19-10-4-1-5-11-19)24-18-31(21-14-8-3-9-15-21)30-26(24)20-12-6-2-7-13-20/h1-16,18H,(H,29,32). The van der Waals surface area contributed by atoms with Gasteiger partial charge in [-0.05, 0) is 23.8 Å². The van der Waals surface area contributed by atoms with Crippen LogP contribution in [0.4, 0.5) is 0 Å². The molecule has 1 N–H and O–H groups in total. The third-order valence-corrected chi connectivity index (χ3v) is 5.61. The van der Waals surface area contributed by atoms with Crippen LogP contribution in [0.5, 0.6) is 0 Å². The van der Waals surface area contributed by atoms with E-state index < -0.39 is 0 Å². The molecule has 0 aliphatic heterocycles. The van der Waals surface area contributed by atoms with E-state index in [4.69, 9.17) is 17.3 Å². The van der Waals surface area contributed by atoms with Crippen molar-refractivity contribution in [3.63, 3.8) is 0 Å². The SMILES string of the molecule is N#Cc1c(-c2cn(-c3ccccc3)nc2-c2ccccc2)cc(-c2ccccc2)[nH]c1=S. The number of H-pyrrole nitrogens is 1. The minimum Gasteiger partial charge on any atom is -0.345 e. The number of nitrogens with one attached hydrogen (secondary N) is 1. The van der Waals surface area contributed by atoms with Crippen molar-refractivity contribution in [1.29, 1.82) is 5.26 Å². The van der Waals surface area contributed by atoms with Crippen LogP contribution in [0.15, 0.2) is 103 Å². The number of hydrogen-bond acceptors (Lipinski definition) is 3. The Morgan fingerprint density at radius 1 is 0.781 bits per heavy atom. The van der Waals surface area contributed by atoms with E-state index in [1.807, 2.05) is 108 Å². The maximum atomic E-state index is 9.94. The molecule has 0 unspecified atom stereocenters. The van der Waals surface area contributed by atoms with Gasteiger partial charge in [0, 0.05) is 28.6 Å². The minimum atomic E-state index is 0.412. The molecule has 0 saturated carbocycles. The quantitative estimate of drug-likeness (QED) is 0.319. The summed E-state index contributed by atoms with van der Waals surface area (Å²) in [7, 11) is 0. The molecule has 0 saturated heterocycles. The number of para-hydroxylation sites is 1. The second-order valence-corrected chi connectivity index (χ2v) is 7.72. The van der Waals surface area contributed by atoms with Crippen molar-refractivity contribution in [1.82, 2.24) is 14.8 Å². The van der Waals surface area contributed by atoms with E-state index in [0.29, 0.717) is 10.2 Å². The summed E-state index contributed by atoms with van der Waals surface area (Å²) in [6.45, 7) is 0. The first kappa shape index (κ1) is 19.7. The summed E-state index contributed by atoms with van der Waals surface area (Å²) in [5, 5.41) is 14.8. The first-order valence-corrected chi connectivity index (χ1v) is 10.6. The lowest BCUT2D eigenvalue weighted by molar-refractivity contribution is 0.884. The Bertz CT molecular complexity index is 1480. The lowest BCUT2D eigenvalue weighted by Crippen LogP contribution is -1.93. The monoisotopic (exact) mass is 430 g/mol. The van der Waals surface area contributed by atoms with Gasteiger partial charge in [-0.1, -0.05) is 91.1 Å². The predicted molar refractivity (Wildman–Crippen MR) is 130 cm³/mol. The van der Waals surface area contributed by atoms with Crippen LogP contribution in [0, 0.1) is 16.0 Å². The van der Waals surface area contributed by atoms with Crippen LogP contribution in [0.2, 0.25) is 0 Å². The van der Waals surface area contributed by atoms with Crippen LogP contribution in [0.3, 0.4) is 0 Å². The highest BCUT2D eigenvalue weighted by atomic mass is 32.1. The molecule has 5 heteroatoms. The normalized spacial score (nSPS) is 10.6. The number of nitriles is 1. The van der Waals surface area contributed by atoms with Gasteiger partial charge in [0.15, 0.2) is 0 Å². The molecule has 3 aromatic carbocycles. The zero-order valence-electron chi connectivity index (χ0n) is 17.1. The number of rotatable bonds is 4. The van der Waals surface area contributed by atoms with Crippen molar-refractivity contribution in [2.24, 2.45) is 0 Å². The highest BCUT2D eigenvalue weighted by Gasteiger charge is 2.19. The van der Waals surface area contributed by atoms with Crippen LogP contribution in [0.25, 0.3) is 39.3 Å². The van der Waals surface area contributed by atoms with E-state index in [1.165, 1.54) is 0 Å². The lowest BCUT2D eigenvalue weighted by Gasteiger charge is -2.09. The van der Waals surface area contributed by atoms with Gasteiger partial charge in [0.1, 0.15) is 16.4 Å². The Morgan fingerprint density at radius 3 is 2.00 bits per heavy atom. The van der Waals surface area contributed by atoms with E-state index in [1.54, 1.807) is 0 Å². The molecule has 0 aliphatic carbocycles. The van der Waals surface area contributed by atoms with Crippen molar-refractivity contribution in [2.75, 3.05) is 0 Å². The number of benzene rings is 3. The molecule has 2 aromatic heterocycles. The molecule has 0 radical (unpaired) electrons. The molecule has 0 atom stereocenters. The van der Waals surface area contributed by atoms with Crippen molar-refractivity contribution >= 4 is 12.2 Å². The van der Waals surface area contributed by atoms with Crippen molar-refractivity contribution in [2.45, 2.75) is 0 Å². The molecule has 5 rings (SSSR count). The maximum Gasteiger partial charge on any atom is 0.122 e. The summed E-state index contributed by atoms with van der Waals surface area (Å²) in [5.41, 5.74) is 6.62. The first-order valence-electron chi connectivity index (χ1n) is 10.2. The van der Waals surface area contributed by atoms with E-state index in [2.05, 4.69) is 11.1 Å². The van der Waals surface area contributed by atoms with Crippen molar-refractivity contribution < 1.29 is 0 Å². The second kappa shape index (κ2) is 8.46. The largest absolute Gasteiger partial charge is 0.345 e. The third-order valence-electron chi connectivity index (χ3n) is 5.30. The average Bonchev–Trinajstić information content (AvgIpc) is 3.31. The van der Waals surface area contributed by atoms with Gasteiger partial charge in [-0.2, -0.15) is 10.4 Å². The molecule has 0 aliphatic rings. The average molecular weight is 431 g/mol. The summed E-state index contributed by atoms with van der Waals surface area (Å²) < 4.78 is 2.26. The van der Waals surface area contributed by atoms with Gasteiger partial charge in [0.05, 0.1) is 11.3 Å². The van der Waals surface area contributed by atoms with E-state index >= 15 is 0 Å². The third kappa shape index (κ3) is 3.64. The summed E-state index contributed by atoms with van der Waals surface area (Å²) in [6.07, 6.45) is 1.97. The Hall–Kier alpha value is -4.27. The van der Waals surface area contributed by atoms with E-state index in [0.717, 1.165) is 39.3 Å². The Labute approximate surface area is 191 Å². The summed E-state index contributed by atoms with van der Waals surface area (Å²) in [6, 6.07) is 34.2. The molecule has 32 heavy (non-hydrogen) atoms. The molecule has 0 bridgehead atoms. The number of hydrogen-bond donors (Lipinski definition) is 1. The van der Waals surface area contributed by atoms with Crippen LogP contribution in [-0.4, -0.2) is 14.8 Å². The zero-order chi connectivity index (χ0) is 21.9. The maximum absolute atomic E-state index is 9.94. The molecule has 0 amide bonds. The van der Waals surface area contributed by atoms with Gasteiger partial charge in [0.25, 0.3) is 0 Å². The van der Waals surface area contributed by atoms with Gasteiger partial charge in [-0.25, -0.2) is 4.68 Å². The summed E-state index contributed by atoms with van der Waals surface area (Å²) in [4.78, 5) is 3.22. The minimum absolute atomic E-state index is 0.412. The number of nitrogens with zero attached hydrogens (tertiary/aromatic N) is 3. The Balaban J connectivity index is 1.79. The first-order chi connectivity index (χ1) is 15.7. The van der Waals surface area contributed by atoms with Crippen LogP contribution < -0.4 is 0 Å². The van der Waals surface area contributed by atoms with E-state index in [9.17, 15) is 5.26 Å². The zero-order valence-corrected chi connectivity index (χ0v) is 17.9. The number of aromatic nitrogens is 3. The van der Waals surface area contributed by atoms with Gasteiger partial charge >= 0.3 is 0 Å². The van der Waals surface area contributed by atoms with Crippen LogP contribution in [0.1, 0.15) is 5.56 Å². The highest BCUT2D eigenvalue weighted by Crippen LogP contribution is 2.36. The fourth-order valence-electron chi connectivity index (χ4n) is 3.75. The van der Waals surface area contributed by atoms with Gasteiger partial charge < -0.3 is 4.98 Å². The molecule has 0 spiro atoms. The van der Waals surface area contributed by atoms with Crippen LogP contribution >= 0.6 is 12.2 Å². The van der Waals surface area contributed by atoms with Gasteiger partial charge in [-0.3, -0.25) is 0 Å². The molecule has 2 heterocycles. The molecule has 5 aromatic rings. The molecular formula is C27H18N4S.